The van der Waals surface area contributed by atoms with Crippen LogP contribution in [0, 0.1) is 20.8 Å². The molecular weight excluding hydrogens is 368 g/mol. The van der Waals surface area contributed by atoms with Crippen molar-refractivity contribution in [2.24, 2.45) is 0 Å². The van der Waals surface area contributed by atoms with Gasteiger partial charge in [-0.1, -0.05) is 12.1 Å². The number of imidazole rings is 1. The quantitative estimate of drug-likeness (QED) is 0.668. The van der Waals surface area contributed by atoms with E-state index in [4.69, 9.17) is 4.74 Å². The maximum Gasteiger partial charge on any atom is 0.274 e. The first-order chi connectivity index (χ1) is 13.9. The number of nitrogens with zero attached hydrogens (tertiary/aromatic N) is 3. The molecule has 0 fully saturated rings. The SMILES string of the molecule is COCCN(CC(=O)Nc1cccc(C)c1C)C(=O)c1cn2ccc(C)cc2n1. The van der Waals surface area contributed by atoms with Gasteiger partial charge in [-0.25, -0.2) is 4.98 Å². The summed E-state index contributed by atoms with van der Waals surface area (Å²) >= 11 is 0. The Bertz CT molecular complexity index is 1040. The van der Waals surface area contributed by atoms with Gasteiger partial charge in [0.25, 0.3) is 5.91 Å². The zero-order valence-electron chi connectivity index (χ0n) is 17.2. The van der Waals surface area contributed by atoms with Crippen LogP contribution in [0.4, 0.5) is 5.69 Å². The van der Waals surface area contributed by atoms with Gasteiger partial charge in [-0.15, -0.1) is 0 Å². The summed E-state index contributed by atoms with van der Waals surface area (Å²) in [6, 6.07) is 9.59. The zero-order valence-corrected chi connectivity index (χ0v) is 17.2. The summed E-state index contributed by atoms with van der Waals surface area (Å²) < 4.78 is 6.91. The summed E-state index contributed by atoms with van der Waals surface area (Å²) in [5.41, 5.74) is 4.90. The standard InChI is InChI=1S/C22H26N4O3/c1-15-8-9-25-13-19(23-20(25)12-15)22(28)26(10-11-29-4)14-21(27)24-18-7-5-6-16(2)17(18)3/h5-9,12-13H,10-11,14H2,1-4H3,(H,24,27). The Morgan fingerprint density at radius 3 is 2.76 bits per heavy atom. The first-order valence-electron chi connectivity index (χ1n) is 9.48. The third-order valence-corrected chi connectivity index (χ3v) is 4.90. The van der Waals surface area contributed by atoms with Gasteiger partial charge in [0.1, 0.15) is 17.9 Å². The van der Waals surface area contributed by atoms with Crippen LogP contribution >= 0.6 is 0 Å². The third kappa shape index (κ3) is 4.81. The van der Waals surface area contributed by atoms with E-state index in [2.05, 4.69) is 10.3 Å². The lowest BCUT2D eigenvalue weighted by molar-refractivity contribution is -0.117. The first kappa shape index (κ1) is 20.5. The lowest BCUT2D eigenvalue weighted by atomic mass is 10.1. The van der Waals surface area contributed by atoms with Crippen molar-refractivity contribution in [2.45, 2.75) is 20.8 Å². The van der Waals surface area contributed by atoms with Crippen molar-refractivity contribution in [1.82, 2.24) is 14.3 Å². The number of aromatic nitrogens is 2. The van der Waals surface area contributed by atoms with E-state index in [1.165, 1.54) is 4.90 Å². The largest absolute Gasteiger partial charge is 0.383 e. The van der Waals surface area contributed by atoms with Gasteiger partial charge in [0.2, 0.25) is 5.91 Å². The van der Waals surface area contributed by atoms with Gasteiger partial charge in [0, 0.05) is 31.7 Å². The van der Waals surface area contributed by atoms with Crippen LogP contribution in [0.15, 0.2) is 42.7 Å². The maximum absolute atomic E-state index is 13.0. The van der Waals surface area contributed by atoms with Crippen LogP contribution < -0.4 is 5.32 Å². The van der Waals surface area contributed by atoms with Gasteiger partial charge in [-0.2, -0.15) is 0 Å². The number of ether oxygens (including phenoxy) is 1. The van der Waals surface area contributed by atoms with E-state index in [0.29, 0.717) is 24.5 Å². The summed E-state index contributed by atoms with van der Waals surface area (Å²) in [6.07, 6.45) is 3.54. The van der Waals surface area contributed by atoms with Gasteiger partial charge >= 0.3 is 0 Å². The third-order valence-electron chi connectivity index (χ3n) is 4.90. The molecular formula is C22H26N4O3. The maximum atomic E-state index is 13.0. The Morgan fingerprint density at radius 1 is 1.21 bits per heavy atom. The molecule has 0 saturated heterocycles. The fourth-order valence-corrected chi connectivity index (χ4v) is 3.05. The van der Waals surface area contributed by atoms with Crippen LogP contribution in [-0.2, 0) is 9.53 Å². The number of methoxy groups -OCH3 is 1. The highest BCUT2D eigenvalue weighted by molar-refractivity contribution is 5.99. The second-order valence-corrected chi connectivity index (χ2v) is 7.11. The summed E-state index contributed by atoms with van der Waals surface area (Å²) in [7, 11) is 1.56. The molecule has 2 aromatic heterocycles. The number of amides is 2. The molecule has 2 heterocycles. The minimum atomic E-state index is -0.306. The molecule has 0 spiro atoms. The fraction of sp³-hybridized carbons (Fsp3) is 0.318. The molecule has 2 amide bonds. The van der Waals surface area contributed by atoms with E-state index in [0.717, 1.165) is 22.4 Å². The molecule has 152 valence electrons. The normalized spacial score (nSPS) is 10.9. The highest BCUT2D eigenvalue weighted by Crippen LogP contribution is 2.18. The van der Waals surface area contributed by atoms with Gasteiger partial charge in [-0.05, 0) is 55.7 Å². The Kier molecular flexibility index (Phi) is 6.29. The molecule has 3 aromatic rings. The predicted octanol–water partition coefficient (Wildman–Crippen LogP) is 2.99. The number of fused-ring (bicyclic) bond motifs is 1. The second kappa shape index (κ2) is 8.87. The molecule has 0 unspecified atom stereocenters. The van der Waals surface area contributed by atoms with Crippen molar-refractivity contribution in [3.8, 4) is 0 Å². The number of hydrogen-bond acceptors (Lipinski definition) is 4. The number of nitrogens with one attached hydrogen (secondary N) is 1. The molecule has 7 nitrogen and oxygen atoms in total. The highest BCUT2D eigenvalue weighted by atomic mass is 16.5. The monoisotopic (exact) mass is 394 g/mol. The molecule has 0 saturated carbocycles. The number of anilines is 1. The van der Waals surface area contributed by atoms with E-state index < -0.39 is 0 Å². The average molecular weight is 394 g/mol. The molecule has 0 aliphatic carbocycles. The number of rotatable bonds is 7. The number of aryl methyl sites for hydroxylation is 2. The van der Waals surface area contributed by atoms with E-state index in [-0.39, 0.29) is 18.4 Å². The number of hydrogen-bond donors (Lipinski definition) is 1. The van der Waals surface area contributed by atoms with Gasteiger partial charge in [0.05, 0.1) is 6.61 Å². The summed E-state index contributed by atoms with van der Waals surface area (Å²) in [6.45, 7) is 6.46. The summed E-state index contributed by atoms with van der Waals surface area (Å²) in [5, 5.41) is 2.90. The van der Waals surface area contributed by atoms with Crippen LogP contribution in [0.3, 0.4) is 0 Å². The van der Waals surface area contributed by atoms with Gasteiger partial charge in [0.15, 0.2) is 0 Å². The van der Waals surface area contributed by atoms with Gasteiger partial charge in [-0.3, -0.25) is 9.59 Å². The zero-order chi connectivity index (χ0) is 21.0. The topological polar surface area (TPSA) is 75.9 Å². The molecule has 0 aliphatic heterocycles. The molecule has 29 heavy (non-hydrogen) atoms. The van der Waals surface area contributed by atoms with E-state index in [1.54, 1.807) is 17.7 Å². The van der Waals surface area contributed by atoms with Crippen LogP contribution in [0.25, 0.3) is 5.65 Å². The minimum absolute atomic E-state index is 0.0809. The van der Waals surface area contributed by atoms with E-state index >= 15 is 0 Å². The Balaban J connectivity index is 1.77. The Labute approximate surface area is 170 Å². The van der Waals surface area contributed by atoms with Crippen LogP contribution in [0.1, 0.15) is 27.2 Å². The van der Waals surface area contributed by atoms with Crippen molar-refractivity contribution in [3.05, 3.63) is 65.1 Å². The minimum Gasteiger partial charge on any atom is -0.383 e. The molecule has 1 N–H and O–H groups in total. The number of pyridine rings is 1. The van der Waals surface area contributed by atoms with Crippen molar-refractivity contribution >= 4 is 23.1 Å². The molecule has 0 atom stereocenters. The van der Waals surface area contributed by atoms with Crippen molar-refractivity contribution in [1.29, 1.82) is 0 Å². The second-order valence-electron chi connectivity index (χ2n) is 7.11. The van der Waals surface area contributed by atoms with Crippen LogP contribution in [0.5, 0.6) is 0 Å². The number of carbonyl (C=O) groups is 2. The highest BCUT2D eigenvalue weighted by Gasteiger charge is 2.21. The smallest absolute Gasteiger partial charge is 0.274 e. The number of benzene rings is 1. The van der Waals surface area contributed by atoms with Crippen molar-refractivity contribution in [3.63, 3.8) is 0 Å². The van der Waals surface area contributed by atoms with Crippen molar-refractivity contribution < 1.29 is 14.3 Å². The summed E-state index contributed by atoms with van der Waals surface area (Å²) in [5.74, 6) is -0.567. The van der Waals surface area contributed by atoms with Crippen LogP contribution in [0.2, 0.25) is 0 Å². The molecule has 0 radical (unpaired) electrons. The summed E-state index contributed by atoms with van der Waals surface area (Å²) in [4.78, 5) is 31.5. The average Bonchev–Trinajstić information content (AvgIpc) is 3.11. The molecule has 0 bridgehead atoms. The van der Waals surface area contributed by atoms with Gasteiger partial charge < -0.3 is 19.4 Å². The molecule has 0 aliphatic rings. The van der Waals surface area contributed by atoms with E-state index in [9.17, 15) is 9.59 Å². The Morgan fingerprint density at radius 2 is 2.00 bits per heavy atom. The first-order valence-corrected chi connectivity index (χ1v) is 9.48. The predicted molar refractivity (Wildman–Crippen MR) is 112 cm³/mol. The lowest BCUT2D eigenvalue weighted by Crippen LogP contribution is -2.40. The Hall–Kier alpha value is -3.19. The lowest BCUT2D eigenvalue weighted by Gasteiger charge is -2.21. The molecule has 7 heteroatoms. The van der Waals surface area contributed by atoms with Crippen molar-refractivity contribution in [2.75, 3.05) is 32.1 Å². The fourth-order valence-electron chi connectivity index (χ4n) is 3.05. The van der Waals surface area contributed by atoms with E-state index in [1.807, 2.05) is 57.3 Å². The van der Waals surface area contributed by atoms with Crippen LogP contribution in [-0.4, -0.2) is 52.9 Å². The molecule has 3 rings (SSSR count). The number of carbonyl (C=O) groups excluding carboxylic acids is 2. The molecule has 1 aromatic carbocycles.